The van der Waals surface area contributed by atoms with Gasteiger partial charge in [0.1, 0.15) is 5.82 Å². The lowest BCUT2D eigenvalue weighted by atomic mass is 9.99. The molecule has 4 rings (SSSR count). The van der Waals surface area contributed by atoms with E-state index in [9.17, 15) is 4.39 Å². The molecule has 1 aliphatic rings. The van der Waals surface area contributed by atoms with E-state index >= 15 is 0 Å². The third-order valence-corrected chi connectivity index (χ3v) is 4.80. The van der Waals surface area contributed by atoms with Crippen molar-refractivity contribution in [3.63, 3.8) is 0 Å². The Hall–Kier alpha value is -2.20. The highest BCUT2D eigenvalue weighted by molar-refractivity contribution is 5.86. The number of aryl methyl sites for hydroxylation is 2. The minimum atomic E-state index is -0.163. The highest BCUT2D eigenvalue weighted by atomic mass is 19.1. The van der Waals surface area contributed by atoms with Gasteiger partial charge < -0.3 is 9.88 Å². The first-order valence-corrected chi connectivity index (χ1v) is 8.17. The molecular formula is C19H20FN3. The molecule has 1 unspecified atom stereocenters. The molecule has 3 heterocycles. The van der Waals surface area contributed by atoms with Crippen LogP contribution in [0.4, 0.5) is 4.39 Å². The predicted molar refractivity (Wildman–Crippen MR) is 90.0 cm³/mol. The fraction of sp³-hybridized carbons (Fsp3) is 0.316. The van der Waals surface area contributed by atoms with E-state index in [1.165, 1.54) is 16.8 Å². The van der Waals surface area contributed by atoms with Crippen LogP contribution in [0.15, 0.2) is 42.7 Å². The van der Waals surface area contributed by atoms with Gasteiger partial charge in [0.25, 0.3) is 0 Å². The second-order valence-electron chi connectivity index (χ2n) is 6.20. The summed E-state index contributed by atoms with van der Waals surface area (Å²) in [6.07, 6.45) is 5.62. The fourth-order valence-electron chi connectivity index (χ4n) is 3.71. The largest absolute Gasteiger partial charge is 0.344 e. The number of nitrogens with one attached hydrogen (secondary N) is 1. The Balaban J connectivity index is 1.79. The number of nitrogens with zero attached hydrogens (tertiary/aromatic N) is 2. The number of aromatic nitrogens is 2. The lowest BCUT2D eigenvalue weighted by Gasteiger charge is -2.23. The van der Waals surface area contributed by atoms with Gasteiger partial charge in [0, 0.05) is 54.5 Å². The molecule has 0 spiro atoms. The maximum Gasteiger partial charge on any atom is 0.123 e. The van der Waals surface area contributed by atoms with E-state index in [2.05, 4.69) is 33.9 Å². The molecule has 2 aromatic heterocycles. The predicted octanol–water partition coefficient (Wildman–Crippen LogP) is 3.62. The van der Waals surface area contributed by atoms with Gasteiger partial charge in [-0.1, -0.05) is 0 Å². The van der Waals surface area contributed by atoms with Crippen molar-refractivity contribution in [2.45, 2.75) is 32.4 Å². The average Bonchev–Trinajstić information content (AvgIpc) is 2.88. The van der Waals surface area contributed by atoms with Crippen molar-refractivity contribution in [2.75, 3.05) is 6.54 Å². The molecular weight excluding hydrogens is 289 g/mol. The van der Waals surface area contributed by atoms with Gasteiger partial charge in [-0.3, -0.25) is 4.98 Å². The van der Waals surface area contributed by atoms with E-state index in [0.717, 1.165) is 36.8 Å². The number of pyridine rings is 1. The van der Waals surface area contributed by atoms with Crippen molar-refractivity contribution in [1.82, 2.24) is 14.9 Å². The lowest BCUT2D eigenvalue weighted by molar-refractivity contribution is 0.521. The molecule has 1 aromatic carbocycles. The zero-order valence-corrected chi connectivity index (χ0v) is 13.2. The molecule has 118 valence electrons. The van der Waals surface area contributed by atoms with Gasteiger partial charge in [-0.25, -0.2) is 4.39 Å². The van der Waals surface area contributed by atoms with E-state index < -0.39 is 0 Å². The van der Waals surface area contributed by atoms with Crippen molar-refractivity contribution in [3.8, 4) is 0 Å². The molecule has 0 amide bonds. The summed E-state index contributed by atoms with van der Waals surface area (Å²) in [5.41, 5.74) is 5.03. The molecule has 0 bridgehead atoms. The summed E-state index contributed by atoms with van der Waals surface area (Å²) in [5.74, 6) is -0.163. The molecule has 3 nitrogen and oxygen atoms in total. The summed E-state index contributed by atoms with van der Waals surface area (Å²) >= 11 is 0. The van der Waals surface area contributed by atoms with Gasteiger partial charge in [0.2, 0.25) is 0 Å². The quantitative estimate of drug-likeness (QED) is 0.801. The Morgan fingerprint density at radius 3 is 2.91 bits per heavy atom. The molecule has 1 N–H and O–H groups in total. The second kappa shape index (κ2) is 5.78. The van der Waals surface area contributed by atoms with Crippen LogP contribution in [0.25, 0.3) is 10.9 Å². The van der Waals surface area contributed by atoms with Crippen LogP contribution in [-0.2, 0) is 19.4 Å². The van der Waals surface area contributed by atoms with E-state index in [4.69, 9.17) is 0 Å². The molecule has 1 aliphatic heterocycles. The van der Waals surface area contributed by atoms with Gasteiger partial charge in [-0.2, -0.15) is 0 Å². The summed E-state index contributed by atoms with van der Waals surface area (Å²) in [6.45, 7) is 4.05. The van der Waals surface area contributed by atoms with Gasteiger partial charge >= 0.3 is 0 Å². The summed E-state index contributed by atoms with van der Waals surface area (Å²) in [6, 6.07) is 9.55. The van der Waals surface area contributed by atoms with Crippen LogP contribution in [0.2, 0.25) is 0 Å². The third-order valence-electron chi connectivity index (χ3n) is 4.80. The van der Waals surface area contributed by atoms with Crippen LogP contribution >= 0.6 is 0 Å². The maximum atomic E-state index is 13.8. The normalized spacial score (nSPS) is 17.4. The Labute approximate surface area is 135 Å². The van der Waals surface area contributed by atoms with E-state index in [1.807, 2.05) is 18.5 Å². The Kier molecular flexibility index (Phi) is 3.62. The standard InChI is InChI=1S/C19H20FN3/c1-13-19-16-12-15(20)2-3-17(16)23(18(19)6-10-22-13)11-7-14-4-8-21-9-5-14/h2-5,8-9,12-13,22H,6-7,10-11H2,1H3. The van der Waals surface area contributed by atoms with E-state index in [-0.39, 0.29) is 11.9 Å². The van der Waals surface area contributed by atoms with Crippen LogP contribution in [0.3, 0.4) is 0 Å². The van der Waals surface area contributed by atoms with Crippen LogP contribution in [-0.4, -0.2) is 16.1 Å². The molecule has 0 radical (unpaired) electrons. The molecule has 1 atom stereocenters. The maximum absolute atomic E-state index is 13.8. The first kappa shape index (κ1) is 14.4. The highest BCUT2D eigenvalue weighted by Crippen LogP contribution is 2.34. The average molecular weight is 309 g/mol. The van der Waals surface area contributed by atoms with Crippen LogP contribution in [0.5, 0.6) is 0 Å². The SMILES string of the molecule is CC1NCCc2c1c1cc(F)ccc1n2CCc1ccncc1. The molecule has 4 heteroatoms. The van der Waals surface area contributed by atoms with Crippen LogP contribution < -0.4 is 5.32 Å². The summed E-state index contributed by atoms with van der Waals surface area (Å²) in [5, 5.41) is 4.54. The second-order valence-corrected chi connectivity index (χ2v) is 6.20. The van der Waals surface area contributed by atoms with Gasteiger partial charge in [-0.15, -0.1) is 0 Å². The minimum Gasteiger partial charge on any atom is -0.344 e. The topological polar surface area (TPSA) is 29.9 Å². The Morgan fingerprint density at radius 1 is 1.26 bits per heavy atom. The molecule has 0 saturated carbocycles. The number of rotatable bonds is 3. The Morgan fingerprint density at radius 2 is 2.09 bits per heavy atom. The number of benzene rings is 1. The number of fused-ring (bicyclic) bond motifs is 3. The summed E-state index contributed by atoms with van der Waals surface area (Å²) in [4.78, 5) is 4.07. The van der Waals surface area contributed by atoms with Crippen molar-refractivity contribution >= 4 is 10.9 Å². The van der Waals surface area contributed by atoms with E-state index in [1.54, 1.807) is 12.1 Å². The smallest absolute Gasteiger partial charge is 0.123 e. The van der Waals surface area contributed by atoms with Crippen LogP contribution in [0.1, 0.15) is 29.8 Å². The molecule has 0 aliphatic carbocycles. The minimum absolute atomic E-state index is 0.163. The molecule has 0 saturated heterocycles. The number of hydrogen-bond acceptors (Lipinski definition) is 2. The summed E-state index contributed by atoms with van der Waals surface area (Å²) in [7, 11) is 0. The van der Waals surface area contributed by atoms with Crippen molar-refractivity contribution in [2.24, 2.45) is 0 Å². The lowest BCUT2D eigenvalue weighted by Crippen LogP contribution is -2.28. The zero-order valence-electron chi connectivity index (χ0n) is 13.2. The zero-order chi connectivity index (χ0) is 15.8. The fourth-order valence-corrected chi connectivity index (χ4v) is 3.71. The monoisotopic (exact) mass is 309 g/mol. The van der Waals surface area contributed by atoms with Crippen LogP contribution in [0, 0.1) is 5.82 Å². The van der Waals surface area contributed by atoms with Gasteiger partial charge in [0.15, 0.2) is 0 Å². The molecule has 23 heavy (non-hydrogen) atoms. The van der Waals surface area contributed by atoms with Crippen molar-refractivity contribution in [1.29, 1.82) is 0 Å². The highest BCUT2D eigenvalue weighted by Gasteiger charge is 2.24. The van der Waals surface area contributed by atoms with Gasteiger partial charge in [0.05, 0.1) is 0 Å². The first-order chi connectivity index (χ1) is 11.2. The Bertz CT molecular complexity index is 839. The first-order valence-electron chi connectivity index (χ1n) is 8.17. The van der Waals surface area contributed by atoms with E-state index in [0.29, 0.717) is 0 Å². The van der Waals surface area contributed by atoms with Crippen molar-refractivity contribution in [3.05, 3.63) is 65.4 Å². The third kappa shape index (κ3) is 2.53. The summed E-state index contributed by atoms with van der Waals surface area (Å²) < 4.78 is 16.1. The molecule has 0 fully saturated rings. The van der Waals surface area contributed by atoms with Gasteiger partial charge in [-0.05, 0) is 54.8 Å². The number of hydrogen-bond donors (Lipinski definition) is 1. The number of halogens is 1. The molecule has 3 aromatic rings. The van der Waals surface area contributed by atoms with Crippen molar-refractivity contribution < 1.29 is 4.39 Å².